The maximum absolute atomic E-state index is 6.13. The minimum atomic E-state index is 0.526. The molecule has 1 aromatic heterocycles. The number of halogens is 1. The van der Waals surface area contributed by atoms with Crippen LogP contribution in [-0.4, -0.2) is 23.1 Å². The molecular weight excluding hydrogens is 300 g/mol. The monoisotopic (exact) mass is 318 g/mol. The molecule has 1 saturated carbocycles. The van der Waals surface area contributed by atoms with Crippen LogP contribution in [0.2, 0.25) is 5.02 Å². The van der Waals surface area contributed by atoms with Gasteiger partial charge in [0.05, 0.1) is 12.1 Å². The van der Waals surface area contributed by atoms with Gasteiger partial charge in [-0.3, -0.25) is 0 Å². The van der Waals surface area contributed by atoms with Gasteiger partial charge >= 0.3 is 0 Å². The molecule has 1 fully saturated rings. The van der Waals surface area contributed by atoms with Crippen LogP contribution in [0, 0.1) is 0 Å². The molecule has 1 aromatic carbocycles. The number of ether oxygens (including phenoxy) is 1. The Morgan fingerprint density at radius 2 is 1.91 bits per heavy atom. The van der Waals surface area contributed by atoms with E-state index in [1.165, 1.54) is 25.7 Å². The first kappa shape index (κ1) is 14.9. The zero-order chi connectivity index (χ0) is 15.4. The molecule has 1 heterocycles. The Morgan fingerprint density at radius 3 is 2.64 bits per heavy atom. The summed E-state index contributed by atoms with van der Waals surface area (Å²) < 4.78 is 5.15. The number of aromatic nitrogens is 2. The summed E-state index contributed by atoms with van der Waals surface area (Å²) in [6.45, 7) is 0. The van der Waals surface area contributed by atoms with Crippen LogP contribution in [0.25, 0.3) is 0 Å². The predicted octanol–water partition coefficient (Wildman–Crippen LogP) is 4.24. The van der Waals surface area contributed by atoms with Crippen molar-refractivity contribution in [1.82, 2.24) is 9.97 Å². The van der Waals surface area contributed by atoms with Crippen molar-refractivity contribution >= 4 is 28.9 Å². The number of nitrogens with one attached hydrogen (secondary N) is 2. The Bertz CT molecular complexity index is 644. The highest BCUT2D eigenvalue weighted by Crippen LogP contribution is 2.29. The van der Waals surface area contributed by atoms with Gasteiger partial charge in [0, 0.05) is 17.8 Å². The van der Waals surface area contributed by atoms with E-state index < -0.39 is 0 Å². The number of hydrogen-bond acceptors (Lipinski definition) is 5. The molecule has 2 N–H and O–H groups in total. The summed E-state index contributed by atoms with van der Waals surface area (Å²) in [5.74, 6) is 2.24. The summed E-state index contributed by atoms with van der Waals surface area (Å²) in [5, 5.41) is 7.25. The number of rotatable bonds is 5. The lowest BCUT2D eigenvalue weighted by atomic mass is 10.2. The third-order valence-electron chi connectivity index (χ3n) is 3.80. The van der Waals surface area contributed by atoms with Gasteiger partial charge in [0.2, 0.25) is 0 Å². The van der Waals surface area contributed by atoms with E-state index in [1.54, 1.807) is 13.4 Å². The zero-order valence-corrected chi connectivity index (χ0v) is 13.2. The lowest BCUT2D eigenvalue weighted by Crippen LogP contribution is -2.15. The maximum atomic E-state index is 6.13. The van der Waals surface area contributed by atoms with Crippen molar-refractivity contribution in [2.24, 2.45) is 0 Å². The van der Waals surface area contributed by atoms with E-state index in [0.717, 1.165) is 17.3 Å². The van der Waals surface area contributed by atoms with Gasteiger partial charge < -0.3 is 15.4 Å². The summed E-state index contributed by atoms with van der Waals surface area (Å²) in [6.07, 6.45) is 6.56. The van der Waals surface area contributed by atoms with Gasteiger partial charge in [-0.1, -0.05) is 24.4 Å². The third-order valence-corrected chi connectivity index (χ3v) is 4.09. The normalized spacial score (nSPS) is 14.8. The molecule has 6 heteroatoms. The lowest BCUT2D eigenvalue weighted by Gasteiger charge is -2.13. The molecule has 5 nitrogen and oxygen atoms in total. The Morgan fingerprint density at radius 1 is 1.14 bits per heavy atom. The van der Waals surface area contributed by atoms with Gasteiger partial charge in [-0.2, -0.15) is 0 Å². The number of nitrogens with zero attached hydrogens (tertiary/aromatic N) is 2. The van der Waals surface area contributed by atoms with Crippen molar-refractivity contribution in [2.45, 2.75) is 31.7 Å². The van der Waals surface area contributed by atoms with Crippen molar-refractivity contribution in [3.8, 4) is 5.75 Å². The Hall–Kier alpha value is -2.01. The molecule has 0 atom stereocenters. The van der Waals surface area contributed by atoms with E-state index in [0.29, 0.717) is 16.8 Å². The topological polar surface area (TPSA) is 59.1 Å². The molecule has 1 aliphatic rings. The fraction of sp³-hybridized carbons (Fsp3) is 0.375. The molecule has 0 unspecified atom stereocenters. The minimum Gasteiger partial charge on any atom is -0.495 e. The van der Waals surface area contributed by atoms with Gasteiger partial charge in [0.15, 0.2) is 0 Å². The highest BCUT2D eigenvalue weighted by atomic mass is 35.5. The average Bonchev–Trinajstić information content (AvgIpc) is 3.01. The summed E-state index contributed by atoms with van der Waals surface area (Å²) in [4.78, 5) is 8.53. The van der Waals surface area contributed by atoms with Gasteiger partial charge in [0.25, 0.3) is 0 Å². The number of hydrogen-bond donors (Lipinski definition) is 2. The van der Waals surface area contributed by atoms with E-state index in [1.807, 2.05) is 24.3 Å². The Labute approximate surface area is 135 Å². The van der Waals surface area contributed by atoms with Crippen molar-refractivity contribution in [3.63, 3.8) is 0 Å². The van der Waals surface area contributed by atoms with Gasteiger partial charge in [-0.25, -0.2) is 9.97 Å². The Kier molecular flexibility index (Phi) is 4.63. The Balaban J connectivity index is 1.70. The van der Waals surface area contributed by atoms with Gasteiger partial charge in [-0.15, -0.1) is 0 Å². The van der Waals surface area contributed by atoms with E-state index in [-0.39, 0.29) is 0 Å². The van der Waals surface area contributed by atoms with E-state index in [2.05, 4.69) is 20.6 Å². The molecule has 0 bridgehead atoms. The summed E-state index contributed by atoms with van der Waals surface area (Å²) in [7, 11) is 1.60. The molecule has 0 radical (unpaired) electrons. The molecule has 0 amide bonds. The fourth-order valence-corrected chi connectivity index (χ4v) is 2.93. The minimum absolute atomic E-state index is 0.526. The van der Waals surface area contributed by atoms with Crippen LogP contribution in [0.5, 0.6) is 5.75 Å². The smallest absolute Gasteiger partial charge is 0.137 e. The molecule has 3 rings (SSSR count). The largest absolute Gasteiger partial charge is 0.495 e. The number of methoxy groups -OCH3 is 1. The van der Waals surface area contributed by atoms with Crippen LogP contribution in [0.15, 0.2) is 30.6 Å². The van der Waals surface area contributed by atoms with Crippen LogP contribution >= 0.6 is 11.6 Å². The quantitative estimate of drug-likeness (QED) is 0.863. The van der Waals surface area contributed by atoms with Crippen LogP contribution < -0.4 is 15.4 Å². The third kappa shape index (κ3) is 3.60. The molecule has 22 heavy (non-hydrogen) atoms. The molecule has 0 spiro atoms. The molecule has 2 aromatic rings. The summed E-state index contributed by atoms with van der Waals surface area (Å²) in [5.41, 5.74) is 0.858. The number of anilines is 3. The van der Waals surface area contributed by atoms with Crippen LogP contribution in [0.3, 0.4) is 0 Å². The number of benzene rings is 1. The van der Waals surface area contributed by atoms with E-state index in [9.17, 15) is 0 Å². The van der Waals surface area contributed by atoms with Gasteiger partial charge in [-0.05, 0) is 31.0 Å². The van der Waals surface area contributed by atoms with Gasteiger partial charge in [0.1, 0.15) is 23.7 Å². The first-order valence-corrected chi connectivity index (χ1v) is 7.81. The predicted molar refractivity (Wildman–Crippen MR) is 89.2 cm³/mol. The molecule has 1 aliphatic carbocycles. The SMILES string of the molecule is COc1ccc(Nc2cc(NC3CCCC3)ncn2)cc1Cl. The summed E-state index contributed by atoms with van der Waals surface area (Å²) >= 11 is 6.13. The van der Waals surface area contributed by atoms with E-state index >= 15 is 0 Å². The maximum Gasteiger partial charge on any atom is 0.137 e. The second-order valence-corrected chi connectivity index (χ2v) is 5.80. The molecule has 0 saturated heterocycles. The van der Waals surface area contributed by atoms with Crippen molar-refractivity contribution < 1.29 is 4.74 Å². The molecule has 0 aliphatic heterocycles. The second kappa shape index (κ2) is 6.83. The second-order valence-electron chi connectivity index (χ2n) is 5.39. The molecule has 116 valence electrons. The highest BCUT2D eigenvalue weighted by molar-refractivity contribution is 6.32. The standard InChI is InChI=1S/C16H19ClN4O/c1-22-14-7-6-12(8-13(14)17)21-16-9-15(18-10-19-16)20-11-4-2-3-5-11/h6-11H,2-5H2,1H3,(H2,18,19,20,21). The zero-order valence-electron chi connectivity index (χ0n) is 12.5. The van der Waals surface area contributed by atoms with Crippen LogP contribution in [0.1, 0.15) is 25.7 Å². The lowest BCUT2D eigenvalue weighted by molar-refractivity contribution is 0.415. The first-order chi connectivity index (χ1) is 10.7. The van der Waals surface area contributed by atoms with Crippen LogP contribution in [0.4, 0.5) is 17.3 Å². The van der Waals surface area contributed by atoms with E-state index in [4.69, 9.17) is 16.3 Å². The highest BCUT2D eigenvalue weighted by Gasteiger charge is 2.15. The average molecular weight is 319 g/mol. The fourth-order valence-electron chi connectivity index (χ4n) is 2.68. The first-order valence-electron chi connectivity index (χ1n) is 7.44. The van der Waals surface area contributed by atoms with Crippen molar-refractivity contribution in [1.29, 1.82) is 0 Å². The summed E-state index contributed by atoms with van der Waals surface area (Å²) in [6, 6.07) is 7.97. The van der Waals surface area contributed by atoms with Crippen LogP contribution in [-0.2, 0) is 0 Å². The molecular formula is C16H19ClN4O. The van der Waals surface area contributed by atoms with Crippen molar-refractivity contribution in [3.05, 3.63) is 35.6 Å². The van der Waals surface area contributed by atoms with Crippen molar-refractivity contribution in [2.75, 3.05) is 17.7 Å².